The van der Waals surface area contributed by atoms with E-state index in [9.17, 15) is 9.59 Å². The second-order valence-electron chi connectivity index (χ2n) is 8.21. The second kappa shape index (κ2) is 6.44. The summed E-state index contributed by atoms with van der Waals surface area (Å²) in [7, 11) is 1.73. The molecule has 5 rings (SSSR count). The number of carbonyl (C=O) groups excluding carboxylic acids is 1. The van der Waals surface area contributed by atoms with Crippen molar-refractivity contribution in [1.29, 1.82) is 0 Å². The largest absolute Gasteiger partial charge is 0.316 e. The molecule has 0 radical (unpaired) electrons. The van der Waals surface area contributed by atoms with Gasteiger partial charge in [0.15, 0.2) is 0 Å². The molecular formula is C21H23ClN4O2. The molecule has 1 amide bonds. The Kier molecular flexibility index (Phi) is 4.12. The standard InChI is InChI=1S/C21H23ClN4O2/c1-11-9-15(10-25(2)20(11)27)26-19(13-5-7-14(22)8-6-13)18-16(21(26)28)17(23-24-18)12-3-4-12/h5-10,12,16-19,23-24H,3-4H2,1-2H3/t16?,17?,18?,19-/m1/s1. The molecule has 1 aromatic heterocycles. The number of pyridine rings is 1. The molecule has 3 heterocycles. The van der Waals surface area contributed by atoms with Crippen molar-refractivity contribution in [3.8, 4) is 0 Å². The van der Waals surface area contributed by atoms with Crippen LogP contribution in [0.3, 0.4) is 0 Å². The SMILES string of the molecule is Cc1cc(N2C(=O)C3C(C4CC4)NNC3[C@H]2c2ccc(Cl)cc2)cn(C)c1=O. The quantitative estimate of drug-likeness (QED) is 0.832. The van der Waals surface area contributed by atoms with E-state index in [1.54, 1.807) is 24.7 Å². The molecule has 4 atom stereocenters. The topological polar surface area (TPSA) is 66.4 Å². The van der Waals surface area contributed by atoms with Crippen LogP contribution in [0.5, 0.6) is 0 Å². The molecule has 28 heavy (non-hydrogen) atoms. The molecule has 6 nitrogen and oxygen atoms in total. The zero-order valence-electron chi connectivity index (χ0n) is 15.9. The predicted octanol–water partition coefficient (Wildman–Crippen LogP) is 2.31. The molecule has 0 spiro atoms. The van der Waals surface area contributed by atoms with Crippen LogP contribution in [0, 0.1) is 18.8 Å². The first kappa shape index (κ1) is 17.9. The van der Waals surface area contributed by atoms with Crippen LogP contribution in [-0.2, 0) is 11.8 Å². The Labute approximate surface area is 168 Å². The summed E-state index contributed by atoms with van der Waals surface area (Å²) in [6.07, 6.45) is 4.09. The van der Waals surface area contributed by atoms with Gasteiger partial charge in [0, 0.05) is 29.9 Å². The van der Waals surface area contributed by atoms with Gasteiger partial charge < -0.3 is 9.47 Å². The number of anilines is 1. The molecule has 3 fully saturated rings. The van der Waals surface area contributed by atoms with E-state index >= 15 is 0 Å². The first-order chi connectivity index (χ1) is 13.5. The maximum atomic E-state index is 13.6. The summed E-state index contributed by atoms with van der Waals surface area (Å²) in [5.41, 5.74) is 9.17. The fourth-order valence-electron chi connectivity index (χ4n) is 4.79. The van der Waals surface area contributed by atoms with E-state index in [1.165, 1.54) is 12.8 Å². The van der Waals surface area contributed by atoms with E-state index in [1.807, 2.05) is 35.2 Å². The third-order valence-corrected chi connectivity index (χ3v) is 6.55. The van der Waals surface area contributed by atoms with Crippen LogP contribution in [-0.4, -0.2) is 22.6 Å². The van der Waals surface area contributed by atoms with Gasteiger partial charge in [-0.25, -0.2) is 0 Å². The van der Waals surface area contributed by atoms with E-state index in [0.29, 0.717) is 16.5 Å². The normalized spacial score (nSPS) is 29.4. The minimum absolute atomic E-state index is 0.0307. The Hall–Kier alpha value is -2.15. The van der Waals surface area contributed by atoms with Crippen LogP contribution >= 0.6 is 11.6 Å². The molecule has 2 aliphatic heterocycles. The lowest BCUT2D eigenvalue weighted by molar-refractivity contribution is -0.121. The van der Waals surface area contributed by atoms with E-state index in [0.717, 1.165) is 11.3 Å². The van der Waals surface area contributed by atoms with Gasteiger partial charge in [-0.05, 0) is 49.4 Å². The van der Waals surface area contributed by atoms with E-state index in [4.69, 9.17) is 11.6 Å². The Morgan fingerprint density at radius 2 is 1.75 bits per heavy atom. The van der Waals surface area contributed by atoms with Crippen LogP contribution in [0.25, 0.3) is 0 Å². The van der Waals surface area contributed by atoms with Gasteiger partial charge in [0.05, 0.1) is 23.7 Å². The van der Waals surface area contributed by atoms with E-state index in [-0.39, 0.29) is 35.5 Å². The number of amides is 1. The smallest absolute Gasteiger partial charge is 0.253 e. The van der Waals surface area contributed by atoms with E-state index in [2.05, 4.69) is 10.9 Å². The third-order valence-electron chi connectivity index (χ3n) is 6.30. The number of hydrogen-bond donors (Lipinski definition) is 2. The highest BCUT2D eigenvalue weighted by Gasteiger charge is 2.58. The molecule has 2 aromatic rings. The molecule has 2 N–H and O–H groups in total. The van der Waals surface area contributed by atoms with Crippen molar-refractivity contribution in [1.82, 2.24) is 15.4 Å². The zero-order valence-corrected chi connectivity index (χ0v) is 16.6. The number of aromatic nitrogens is 1. The Morgan fingerprint density at radius 3 is 2.39 bits per heavy atom. The second-order valence-corrected chi connectivity index (χ2v) is 8.64. The molecule has 2 saturated heterocycles. The van der Waals surface area contributed by atoms with Crippen molar-refractivity contribution in [2.24, 2.45) is 18.9 Å². The summed E-state index contributed by atoms with van der Waals surface area (Å²) < 4.78 is 1.55. The molecule has 3 unspecified atom stereocenters. The van der Waals surface area contributed by atoms with Crippen LogP contribution in [0.2, 0.25) is 5.02 Å². The van der Waals surface area contributed by atoms with Crippen LogP contribution in [0.4, 0.5) is 5.69 Å². The van der Waals surface area contributed by atoms with Crippen molar-refractivity contribution in [2.75, 3.05) is 4.90 Å². The molecule has 1 aromatic carbocycles. The van der Waals surface area contributed by atoms with E-state index < -0.39 is 0 Å². The number of hydrogen-bond acceptors (Lipinski definition) is 4. The van der Waals surface area contributed by atoms with Crippen molar-refractivity contribution < 1.29 is 4.79 Å². The van der Waals surface area contributed by atoms with Crippen molar-refractivity contribution in [3.63, 3.8) is 0 Å². The number of rotatable bonds is 3. The Morgan fingerprint density at radius 1 is 1.07 bits per heavy atom. The van der Waals surface area contributed by atoms with Crippen LogP contribution in [0.1, 0.15) is 30.0 Å². The Bertz CT molecular complexity index is 972. The summed E-state index contributed by atoms with van der Waals surface area (Å²) in [6, 6.07) is 9.47. The van der Waals surface area contributed by atoms with Gasteiger partial charge in [0.1, 0.15) is 0 Å². The minimum atomic E-state index is -0.164. The molecule has 1 aliphatic carbocycles. The number of nitrogens with zero attached hydrogens (tertiary/aromatic N) is 2. The van der Waals surface area contributed by atoms with Crippen LogP contribution < -0.4 is 21.3 Å². The van der Waals surface area contributed by atoms with Gasteiger partial charge in [-0.2, -0.15) is 0 Å². The van der Waals surface area contributed by atoms with Gasteiger partial charge in [0.25, 0.3) is 5.56 Å². The van der Waals surface area contributed by atoms with Crippen molar-refractivity contribution in [2.45, 2.75) is 37.9 Å². The number of aryl methyl sites for hydroxylation is 2. The van der Waals surface area contributed by atoms with Crippen LogP contribution in [0.15, 0.2) is 41.3 Å². The lowest BCUT2D eigenvalue weighted by Crippen LogP contribution is -2.43. The van der Waals surface area contributed by atoms with Gasteiger partial charge in [0.2, 0.25) is 5.91 Å². The number of fused-ring (bicyclic) bond motifs is 1. The molecular weight excluding hydrogens is 376 g/mol. The summed E-state index contributed by atoms with van der Waals surface area (Å²) in [4.78, 5) is 27.7. The molecule has 146 valence electrons. The van der Waals surface area contributed by atoms with Gasteiger partial charge in [-0.1, -0.05) is 23.7 Å². The number of hydrazine groups is 1. The fraction of sp³-hybridized carbons (Fsp3) is 0.429. The predicted molar refractivity (Wildman–Crippen MR) is 108 cm³/mol. The number of halogens is 1. The number of benzene rings is 1. The summed E-state index contributed by atoms with van der Waals surface area (Å²) in [6.45, 7) is 1.79. The summed E-state index contributed by atoms with van der Waals surface area (Å²) in [5.74, 6) is 0.544. The summed E-state index contributed by atoms with van der Waals surface area (Å²) in [5, 5.41) is 0.669. The third kappa shape index (κ3) is 2.70. The highest BCUT2D eigenvalue weighted by atomic mass is 35.5. The first-order valence-electron chi connectivity index (χ1n) is 9.72. The zero-order chi connectivity index (χ0) is 19.6. The molecule has 7 heteroatoms. The Balaban J connectivity index is 1.63. The highest BCUT2D eigenvalue weighted by Crippen LogP contribution is 2.48. The molecule has 1 saturated carbocycles. The van der Waals surface area contributed by atoms with Gasteiger partial charge in [-0.3, -0.25) is 20.4 Å². The molecule has 3 aliphatic rings. The lowest BCUT2D eigenvalue weighted by atomic mass is 9.89. The maximum absolute atomic E-state index is 13.6. The van der Waals surface area contributed by atoms with Gasteiger partial charge in [-0.15, -0.1) is 0 Å². The van der Waals surface area contributed by atoms with Crippen molar-refractivity contribution >= 4 is 23.2 Å². The monoisotopic (exact) mass is 398 g/mol. The minimum Gasteiger partial charge on any atom is -0.316 e. The van der Waals surface area contributed by atoms with Gasteiger partial charge >= 0.3 is 0 Å². The maximum Gasteiger partial charge on any atom is 0.253 e. The first-order valence-corrected chi connectivity index (χ1v) is 10.1. The highest BCUT2D eigenvalue weighted by molar-refractivity contribution is 6.30. The number of carbonyl (C=O) groups is 1. The average molecular weight is 399 g/mol. The average Bonchev–Trinajstić information content (AvgIpc) is 3.35. The van der Waals surface area contributed by atoms with Crippen molar-refractivity contribution in [3.05, 3.63) is 63.0 Å². The number of nitrogens with one attached hydrogen (secondary N) is 2. The fourth-order valence-corrected chi connectivity index (χ4v) is 4.92. The summed E-state index contributed by atoms with van der Waals surface area (Å²) >= 11 is 6.10. The molecule has 0 bridgehead atoms. The lowest BCUT2D eigenvalue weighted by Gasteiger charge is -2.29.